The van der Waals surface area contributed by atoms with E-state index in [-0.39, 0.29) is 24.1 Å². The molecule has 6 nitrogen and oxygen atoms in total. The van der Waals surface area contributed by atoms with Crippen LogP contribution in [0.15, 0.2) is 41.0 Å². The number of furan rings is 1. The smallest absolute Gasteiger partial charge is 0.311 e. The van der Waals surface area contributed by atoms with Gasteiger partial charge in [0.1, 0.15) is 12.2 Å². The highest BCUT2D eigenvalue weighted by atomic mass is 16.5. The van der Waals surface area contributed by atoms with Crippen molar-refractivity contribution in [2.75, 3.05) is 19.8 Å². The molecular formula is C18H19NO5. The standard InChI is InChI=1S/C18H19NO5/c1-12-10-24-15(9-16(20)21)17(12)18(22)19-7-8-23-11-14(19)13-5-3-2-4-6-13/h2-6,10,14H,7-9,11H2,1H3,(H,20,21). The number of carboxylic acids is 1. The fourth-order valence-electron chi connectivity index (χ4n) is 2.99. The summed E-state index contributed by atoms with van der Waals surface area (Å²) in [6.07, 6.45) is 1.12. The number of carboxylic acid groups (broad SMARTS) is 1. The Labute approximate surface area is 139 Å². The Morgan fingerprint density at radius 2 is 2.04 bits per heavy atom. The molecule has 1 fully saturated rings. The van der Waals surface area contributed by atoms with Crippen LogP contribution in [0.5, 0.6) is 0 Å². The van der Waals surface area contributed by atoms with E-state index in [1.54, 1.807) is 11.8 Å². The first kappa shape index (κ1) is 16.3. The van der Waals surface area contributed by atoms with Crippen molar-refractivity contribution < 1.29 is 23.8 Å². The molecule has 0 saturated carbocycles. The minimum Gasteiger partial charge on any atom is -0.481 e. The van der Waals surface area contributed by atoms with Crippen molar-refractivity contribution >= 4 is 11.9 Å². The molecule has 2 aromatic rings. The molecule has 2 heterocycles. The minimum absolute atomic E-state index is 0.195. The van der Waals surface area contributed by atoms with Gasteiger partial charge in [-0.05, 0) is 12.5 Å². The highest BCUT2D eigenvalue weighted by Crippen LogP contribution is 2.28. The van der Waals surface area contributed by atoms with Crippen LogP contribution in [-0.2, 0) is 16.0 Å². The number of hydrogen-bond donors (Lipinski definition) is 1. The Morgan fingerprint density at radius 3 is 2.75 bits per heavy atom. The normalized spacial score (nSPS) is 17.7. The molecule has 1 atom stereocenters. The highest BCUT2D eigenvalue weighted by molar-refractivity contribution is 5.97. The predicted octanol–water partition coefficient (Wildman–Crippen LogP) is 2.43. The van der Waals surface area contributed by atoms with E-state index in [4.69, 9.17) is 14.3 Å². The van der Waals surface area contributed by atoms with Crippen LogP contribution < -0.4 is 0 Å². The molecule has 0 spiro atoms. The topological polar surface area (TPSA) is 80.0 Å². The number of morpholine rings is 1. The number of nitrogens with zero attached hydrogens (tertiary/aromatic N) is 1. The summed E-state index contributed by atoms with van der Waals surface area (Å²) in [6, 6.07) is 9.49. The summed E-state index contributed by atoms with van der Waals surface area (Å²) in [5, 5.41) is 9.02. The maximum absolute atomic E-state index is 13.1. The van der Waals surface area contributed by atoms with Crippen molar-refractivity contribution in [2.24, 2.45) is 0 Å². The van der Waals surface area contributed by atoms with Gasteiger partial charge in [0.2, 0.25) is 0 Å². The second kappa shape index (κ2) is 6.88. The van der Waals surface area contributed by atoms with E-state index in [0.717, 1.165) is 5.56 Å². The lowest BCUT2D eigenvalue weighted by Crippen LogP contribution is -2.43. The van der Waals surface area contributed by atoms with E-state index in [1.165, 1.54) is 6.26 Å². The molecule has 1 aliphatic heterocycles. The fraction of sp³-hybridized carbons (Fsp3) is 0.333. The molecule has 1 unspecified atom stereocenters. The van der Waals surface area contributed by atoms with Gasteiger partial charge in [-0.3, -0.25) is 9.59 Å². The fourth-order valence-corrected chi connectivity index (χ4v) is 2.99. The van der Waals surface area contributed by atoms with Gasteiger partial charge in [0, 0.05) is 12.1 Å². The second-order valence-electron chi connectivity index (χ2n) is 5.79. The van der Waals surface area contributed by atoms with E-state index in [1.807, 2.05) is 30.3 Å². The number of carbonyl (C=O) groups excluding carboxylic acids is 1. The van der Waals surface area contributed by atoms with Crippen LogP contribution >= 0.6 is 0 Å². The quantitative estimate of drug-likeness (QED) is 0.932. The minimum atomic E-state index is -1.03. The summed E-state index contributed by atoms with van der Waals surface area (Å²) in [4.78, 5) is 25.8. The number of ether oxygens (including phenoxy) is 1. The molecule has 1 saturated heterocycles. The molecular weight excluding hydrogens is 310 g/mol. The van der Waals surface area contributed by atoms with Crippen LogP contribution in [0.3, 0.4) is 0 Å². The monoisotopic (exact) mass is 329 g/mol. The number of carbonyl (C=O) groups is 2. The molecule has 0 radical (unpaired) electrons. The zero-order valence-electron chi connectivity index (χ0n) is 13.4. The van der Waals surface area contributed by atoms with Gasteiger partial charge in [0.25, 0.3) is 5.91 Å². The summed E-state index contributed by atoms with van der Waals surface area (Å²) in [5.41, 5.74) is 1.99. The number of aryl methyl sites for hydroxylation is 1. The predicted molar refractivity (Wildman–Crippen MR) is 85.8 cm³/mol. The van der Waals surface area contributed by atoms with Crippen molar-refractivity contribution in [3.8, 4) is 0 Å². The van der Waals surface area contributed by atoms with Crippen molar-refractivity contribution in [2.45, 2.75) is 19.4 Å². The summed E-state index contributed by atoms with van der Waals surface area (Å²) in [5.74, 6) is -1.04. The second-order valence-corrected chi connectivity index (χ2v) is 5.79. The van der Waals surface area contributed by atoms with E-state index in [2.05, 4.69) is 0 Å². The maximum atomic E-state index is 13.1. The van der Waals surface area contributed by atoms with E-state index in [0.29, 0.717) is 30.9 Å². The van der Waals surface area contributed by atoms with Crippen LogP contribution in [0.25, 0.3) is 0 Å². The van der Waals surface area contributed by atoms with Gasteiger partial charge in [0.15, 0.2) is 0 Å². The molecule has 126 valence electrons. The number of hydrogen-bond acceptors (Lipinski definition) is 4. The molecule has 1 N–H and O–H groups in total. The first-order chi connectivity index (χ1) is 11.6. The van der Waals surface area contributed by atoms with Gasteiger partial charge < -0.3 is 19.2 Å². The lowest BCUT2D eigenvalue weighted by molar-refractivity contribution is -0.136. The Morgan fingerprint density at radius 1 is 1.29 bits per heavy atom. The van der Waals surface area contributed by atoms with Crippen LogP contribution in [0, 0.1) is 6.92 Å². The van der Waals surface area contributed by atoms with Crippen molar-refractivity contribution in [1.82, 2.24) is 4.90 Å². The zero-order valence-corrected chi connectivity index (χ0v) is 13.4. The Balaban J connectivity index is 1.93. The van der Waals surface area contributed by atoms with Crippen LogP contribution in [0.4, 0.5) is 0 Å². The van der Waals surface area contributed by atoms with Gasteiger partial charge in [0.05, 0.1) is 31.1 Å². The number of rotatable bonds is 4. The molecule has 1 aliphatic rings. The van der Waals surface area contributed by atoms with Gasteiger partial charge in [-0.1, -0.05) is 30.3 Å². The van der Waals surface area contributed by atoms with Crippen molar-refractivity contribution in [3.63, 3.8) is 0 Å². The largest absolute Gasteiger partial charge is 0.481 e. The first-order valence-corrected chi connectivity index (χ1v) is 7.80. The number of aliphatic carboxylic acids is 1. The maximum Gasteiger partial charge on any atom is 0.311 e. The van der Waals surface area contributed by atoms with Gasteiger partial charge in [-0.15, -0.1) is 0 Å². The molecule has 3 rings (SSSR count). The molecule has 1 aromatic carbocycles. The number of benzene rings is 1. The SMILES string of the molecule is Cc1coc(CC(=O)O)c1C(=O)N1CCOCC1c1ccccc1. The van der Waals surface area contributed by atoms with Gasteiger partial charge in [-0.25, -0.2) is 0 Å². The Bertz CT molecular complexity index is 737. The molecule has 24 heavy (non-hydrogen) atoms. The molecule has 1 aromatic heterocycles. The summed E-state index contributed by atoms with van der Waals surface area (Å²) >= 11 is 0. The third kappa shape index (κ3) is 3.19. The average molecular weight is 329 g/mol. The third-order valence-corrected chi connectivity index (χ3v) is 4.15. The van der Waals surface area contributed by atoms with Gasteiger partial charge >= 0.3 is 5.97 Å². The summed E-state index contributed by atoms with van der Waals surface area (Å²) in [6.45, 7) is 3.08. The molecule has 0 aliphatic carbocycles. The summed E-state index contributed by atoms with van der Waals surface area (Å²) < 4.78 is 10.8. The lowest BCUT2D eigenvalue weighted by Gasteiger charge is -2.36. The first-order valence-electron chi connectivity index (χ1n) is 7.80. The Kier molecular flexibility index (Phi) is 4.66. The van der Waals surface area contributed by atoms with Crippen molar-refractivity contribution in [3.05, 3.63) is 59.0 Å². The van der Waals surface area contributed by atoms with Gasteiger partial charge in [-0.2, -0.15) is 0 Å². The lowest BCUT2D eigenvalue weighted by atomic mass is 10.0. The van der Waals surface area contributed by atoms with E-state index in [9.17, 15) is 9.59 Å². The highest BCUT2D eigenvalue weighted by Gasteiger charge is 2.32. The zero-order chi connectivity index (χ0) is 17.1. The number of amides is 1. The third-order valence-electron chi connectivity index (χ3n) is 4.15. The van der Waals surface area contributed by atoms with Crippen molar-refractivity contribution in [1.29, 1.82) is 0 Å². The van der Waals surface area contributed by atoms with Crippen LogP contribution in [-0.4, -0.2) is 41.6 Å². The van der Waals surface area contributed by atoms with Crippen LogP contribution in [0.2, 0.25) is 0 Å². The summed E-state index contributed by atoms with van der Waals surface area (Å²) in [7, 11) is 0. The van der Waals surface area contributed by atoms with E-state index >= 15 is 0 Å². The Hall–Kier alpha value is -2.60. The van der Waals surface area contributed by atoms with E-state index < -0.39 is 5.97 Å². The molecule has 6 heteroatoms. The molecule has 1 amide bonds. The average Bonchev–Trinajstić information content (AvgIpc) is 2.95. The molecule has 0 bridgehead atoms. The van der Waals surface area contributed by atoms with Crippen LogP contribution in [0.1, 0.15) is 33.3 Å².